The molecule has 12 rings (SSSR count). The van der Waals surface area contributed by atoms with Gasteiger partial charge in [0, 0.05) is 5.41 Å². The second-order valence-electron chi connectivity index (χ2n) is 17.8. The van der Waals surface area contributed by atoms with Crippen LogP contribution in [0.5, 0.6) is 0 Å². The zero-order valence-electron chi connectivity index (χ0n) is 36.5. The Bertz CT molecular complexity index is 3550. The molecule has 0 aliphatic heterocycles. The first kappa shape index (κ1) is 38.6. The van der Waals surface area contributed by atoms with Crippen molar-refractivity contribution in [3.05, 3.63) is 217 Å². The molecule has 0 spiro atoms. The number of hydrogen-bond donors (Lipinski definition) is 0. The van der Waals surface area contributed by atoms with E-state index in [2.05, 4.69) is 234 Å². The van der Waals surface area contributed by atoms with Crippen molar-refractivity contribution in [1.82, 2.24) is 0 Å². The van der Waals surface area contributed by atoms with E-state index in [1.165, 1.54) is 133 Å². The summed E-state index contributed by atoms with van der Waals surface area (Å²) in [6.45, 7) is 9.13. The molecule has 0 heteroatoms. The lowest BCUT2D eigenvalue weighted by Crippen LogP contribution is -2.14. The average Bonchev–Trinajstić information content (AvgIpc) is 3.57. The van der Waals surface area contributed by atoms with Crippen LogP contribution >= 0.6 is 0 Å². The second-order valence-corrected chi connectivity index (χ2v) is 17.8. The minimum atomic E-state index is -0.117. The molecule has 0 nitrogen and oxygen atoms in total. The van der Waals surface area contributed by atoms with E-state index in [9.17, 15) is 0 Å². The van der Waals surface area contributed by atoms with Crippen LogP contribution in [0.25, 0.3) is 109 Å². The van der Waals surface area contributed by atoms with E-state index >= 15 is 0 Å². The summed E-state index contributed by atoms with van der Waals surface area (Å²) in [5, 5.41) is 12.6. The summed E-state index contributed by atoms with van der Waals surface area (Å²) >= 11 is 0. The van der Waals surface area contributed by atoms with E-state index in [0.29, 0.717) is 0 Å². The molecular formula is C63H50. The van der Waals surface area contributed by atoms with E-state index < -0.39 is 0 Å². The van der Waals surface area contributed by atoms with E-state index in [-0.39, 0.29) is 5.41 Å². The summed E-state index contributed by atoms with van der Waals surface area (Å²) < 4.78 is 0. The summed E-state index contributed by atoms with van der Waals surface area (Å²) in [7, 11) is 0. The Morgan fingerprint density at radius 3 is 1.33 bits per heavy atom. The number of unbranched alkanes of at least 4 members (excludes halogenated alkanes) is 1. The fourth-order valence-corrected chi connectivity index (χ4v) is 10.3. The lowest BCUT2D eigenvalue weighted by Gasteiger charge is -2.23. The monoisotopic (exact) mass is 806 g/mol. The molecule has 0 radical (unpaired) electrons. The van der Waals surface area contributed by atoms with Crippen LogP contribution in [-0.4, -0.2) is 0 Å². The largest absolute Gasteiger partial charge is 0.0654 e. The molecule has 0 saturated heterocycles. The highest BCUT2D eigenvalue weighted by Crippen LogP contribution is 2.52. The van der Waals surface area contributed by atoms with Crippen LogP contribution in [0.2, 0.25) is 0 Å². The molecule has 0 saturated carbocycles. The summed E-state index contributed by atoms with van der Waals surface area (Å²) in [6.07, 6.45) is 2.64. The first-order valence-electron chi connectivity index (χ1n) is 22.7. The topological polar surface area (TPSA) is 0 Å². The molecule has 302 valence electrons. The van der Waals surface area contributed by atoms with Crippen molar-refractivity contribution in [1.29, 1.82) is 0 Å². The Hall–Kier alpha value is -7.28. The van der Waals surface area contributed by atoms with Gasteiger partial charge in [-0.25, -0.2) is 0 Å². The normalized spacial score (nSPS) is 12.7. The Morgan fingerprint density at radius 2 is 0.730 bits per heavy atom. The van der Waals surface area contributed by atoms with Crippen molar-refractivity contribution in [2.45, 2.75) is 46.0 Å². The SMILES string of the molecule is CC1(C)c2ccccc2-c2ccc(-c3c4ccc(-c5cccc6ccccc56)cc4c(-c4ccc5ccccc5c4)c4ccc(-c5cccc6ccccc56)cc34)cc21.CCCC. The maximum atomic E-state index is 2.50. The van der Waals surface area contributed by atoms with Gasteiger partial charge in [0.2, 0.25) is 0 Å². The highest BCUT2D eigenvalue weighted by Gasteiger charge is 2.35. The number of hydrogen-bond acceptors (Lipinski definition) is 0. The van der Waals surface area contributed by atoms with E-state index in [1.54, 1.807) is 0 Å². The van der Waals surface area contributed by atoms with Gasteiger partial charge in [0.15, 0.2) is 0 Å². The summed E-state index contributed by atoms with van der Waals surface area (Å²) in [5.41, 5.74) is 15.3. The van der Waals surface area contributed by atoms with Crippen molar-refractivity contribution in [2.24, 2.45) is 0 Å². The van der Waals surface area contributed by atoms with Gasteiger partial charge in [-0.2, -0.15) is 0 Å². The molecule has 0 bridgehead atoms. The van der Waals surface area contributed by atoms with Crippen LogP contribution in [0.4, 0.5) is 0 Å². The molecular weight excluding hydrogens is 757 g/mol. The lowest BCUT2D eigenvalue weighted by atomic mass is 9.80. The van der Waals surface area contributed by atoms with Crippen molar-refractivity contribution < 1.29 is 0 Å². The fourth-order valence-electron chi connectivity index (χ4n) is 10.3. The summed E-state index contributed by atoms with van der Waals surface area (Å²) in [4.78, 5) is 0. The van der Waals surface area contributed by atoms with Crippen LogP contribution < -0.4 is 0 Å². The van der Waals surface area contributed by atoms with Gasteiger partial charge < -0.3 is 0 Å². The molecule has 0 heterocycles. The molecule has 0 aromatic heterocycles. The first-order valence-corrected chi connectivity index (χ1v) is 22.7. The standard InChI is InChI=1S/C59H40.C4H10/c1-59(2)55-24-10-9-21-49(55)50-30-29-44(36-56(50)59)58-52-32-28-41(47-22-11-17-38-14-5-7-19-45(38)47)34-53(52)57(43-26-25-37-13-3-4-16-40(37)33-43)51-31-27-42(35-54(51)58)48-23-12-18-39-15-6-8-20-46(39)48;1-3-4-2/h3-36H,1-2H3;3-4H2,1-2H3. The van der Waals surface area contributed by atoms with Gasteiger partial charge in [0.05, 0.1) is 0 Å². The van der Waals surface area contributed by atoms with Crippen LogP contribution in [0.15, 0.2) is 206 Å². The lowest BCUT2D eigenvalue weighted by molar-refractivity contribution is 0.660. The molecule has 0 N–H and O–H groups in total. The summed E-state index contributed by atoms with van der Waals surface area (Å²) in [5.74, 6) is 0. The van der Waals surface area contributed by atoms with Crippen LogP contribution in [0.3, 0.4) is 0 Å². The maximum Gasteiger partial charge on any atom is 0.0159 e. The smallest absolute Gasteiger partial charge is 0.0159 e. The van der Waals surface area contributed by atoms with Gasteiger partial charge in [-0.05, 0) is 145 Å². The Kier molecular flexibility index (Phi) is 9.54. The molecule has 1 aliphatic rings. The molecule has 11 aromatic carbocycles. The van der Waals surface area contributed by atoms with Crippen molar-refractivity contribution in [2.75, 3.05) is 0 Å². The molecule has 0 atom stereocenters. The predicted molar refractivity (Wildman–Crippen MR) is 274 cm³/mol. The fraction of sp³-hybridized carbons (Fsp3) is 0.111. The molecule has 0 amide bonds. The summed E-state index contributed by atoms with van der Waals surface area (Å²) in [6, 6.07) is 77.3. The van der Waals surface area contributed by atoms with Gasteiger partial charge in [0.1, 0.15) is 0 Å². The predicted octanol–water partition coefficient (Wildman–Crippen LogP) is 18.2. The minimum absolute atomic E-state index is 0.117. The zero-order chi connectivity index (χ0) is 42.7. The van der Waals surface area contributed by atoms with Gasteiger partial charge in [-0.15, -0.1) is 0 Å². The first-order chi connectivity index (χ1) is 30.9. The zero-order valence-corrected chi connectivity index (χ0v) is 36.5. The van der Waals surface area contributed by atoms with Crippen molar-refractivity contribution in [3.63, 3.8) is 0 Å². The van der Waals surface area contributed by atoms with Crippen LogP contribution in [0, 0.1) is 0 Å². The van der Waals surface area contributed by atoms with Gasteiger partial charge in [-0.1, -0.05) is 223 Å². The Morgan fingerprint density at radius 1 is 0.286 bits per heavy atom. The maximum absolute atomic E-state index is 2.50. The van der Waals surface area contributed by atoms with Crippen molar-refractivity contribution >= 4 is 53.9 Å². The highest BCUT2D eigenvalue weighted by molar-refractivity contribution is 6.23. The Labute approximate surface area is 371 Å². The molecule has 1 aliphatic carbocycles. The number of benzene rings is 11. The highest BCUT2D eigenvalue weighted by atomic mass is 14.4. The van der Waals surface area contributed by atoms with Crippen LogP contribution in [-0.2, 0) is 5.41 Å². The third kappa shape index (κ3) is 6.44. The van der Waals surface area contributed by atoms with Gasteiger partial charge in [-0.3, -0.25) is 0 Å². The second kappa shape index (κ2) is 15.6. The quantitative estimate of drug-likeness (QED) is 0.152. The van der Waals surface area contributed by atoms with E-state index in [1.807, 2.05) is 0 Å². The minimum Gasteiger partial charge on any atom is -0.0654 e. The molecule has 0 unspecified atom stereocenters. The average molecular weight is 807 g/mol. The number of fused-ring (bicyclic) bond motifs is 8. The van der Waals surface area contributed by atoms with E-state index in [0.717, 1.165) is 0 Å². The van der Waals surface area contributed by atoms with Crippen LogP contribution in [0.1, 0.15) is 51.7 Å². The van der Waals surface area contributed by atoms with E-state index in [4.69, 9.17) is 0 Å². The number of rotatable bonds is 5. The van der Waals surface area contributed by atoms with Gasteiger partial charge >= 0.3 is 0 Å². The Balaban J connectivity index is 0.00000107. The molecule has 0 fully saturated rings. The third-order valence-electron chi connectivity index (χ3n) is 13.7. The van der Waals surface area contributed by atoms with Crippen molar-refractivity contribution in [3.8, 4) is 55.6 Å². The molecule has 63 heavy (non-hydrogen) atoms. The van der Waals surface area contributed by atoms with Gasteiger partial charge in [0.25, 0.3) is 0 Å². The third-order valence-corrected chi connectivity index (χ3v) is 13.7. The molecule has 11 aromatic rings.